The SMILES string of the molecule is CC1(C)CC(CC(CNc2cccc([S+]([O-])NC(=O)c3ccc(-n4ccc(OCCC5(C(F)(F)F)CC5)n4)nc3Cl)n2)c2ccccc2)CN1C=O. The molecule has 1 aliphatic heterocycles. The van der Waals surface area contributed by atoms with Crippen LogP contribution in [0.2, 0.25) is 5.15 Å². The summed E-state index contributed by atoms with van der Waals surface area (Å²) < 4.78 is 61.9. The second kappa shape index (κ2) is 15.3. The summed E-state index contributed by atoms with van der Waals surface area (Å²) >= 11 is 4.31. The van der Waals surface area contributed by atoms with Crippen molar-refractivity contribution >= 4 is 41.1 Å². The summed E-state index contributed by atoms with van der Waals surface area (Å²) in [6, 6.07) is 19.5. The van der Waals surface area contributed by atoms with Gasteiger partial charge in [-0.3, -0.25) is 9.59 Å². The number of carbonyl (C=O) groups is 2. The highest BCUT2D eigenvalue weighted by molar-refractivity contribution is 7.90. The quantitative estimate of drug-likeness (QED) is 0.0775. The maximum Gasteiger partial charge on any atom is 0.394 e. The van der Waals surface area contributed by atoms with Crippen molar-refractivity contribution in [2.75, 3.05) is 25.0 Å². The summed E-state index contributed by atoms with van der Waals surface area (Å²) in [4.78, 5) is 35.3. The lowest BCUT2D eigenvalue weighted by atomic mass is 9.85. The van der Waals surface area contributed by atoms with Crippen molar-refractivity contribution in [3.8, 4) is 11.7 Å². The van der Waals surface area contributed by atoms with Crippen molar-refractivity contribution < 1.29 is 32.0 Å². The molecule has 11 nitrogen and oxygen atoms in total. The van der Waals surface area contributed by atoms with E-state index in [0.29, 0.717) is 24.8 Å². The fourth-order valence-corrected chi connectivity index (χ4v) is 7.67. The van der Waals surface area contributed by atoms with E-state index in [2.05, 4.69) is 51.1 Å². The van der Waals surface area contributed by atoms with Crippen LogP contribution in [0.1, 0.15) is 67.8 Å². The Labute approximate surface area is 307 Å². The molecule has 1 saturated heterocycles. The van der Waals surface area contributed by atoms with Crippen molar-refractivity contribution in [1.29, 1.82) is 0 Å². The molecule has 0 radical (unpaired) electrons. The predicted molar refractivity (Wildman–Crippen MR) is 190 cm³/mol. The minimum absolute atomic E-state index is 0.0347. The summed E-state index contributed by atoms with van der Waals surface area (Å²) in [7, 11) is 0. The average Bonchev–Trinajstić information content (AvgIpc) is 3.67. The second-order valence-electron chi connectivity index (χ2n) is 13.9. The van der Waals surface area contributed by atoms with E-state index < -0.39 is 28.9 Å². The lowest BCUT2D eigenvalue weighted by Crippen LogP contribution is -2.36. The van der Waals surface area contributed by atoms with Crippen molar-refractivity contribution in [2.24, 2.45) is 11.3 Å². The van der Waals surface area contributed by atoms with Crippen molar-refractivity contribution in [1.82, 2.24) is 29.4 Å². The monoisotopic (exact) mass is 757 g/mol. The number of pyridine rings is 2. The van der Waals surface area contributed by atoms with Gasteiger partial charge in [-0.25, -0.2) is 9.67 Å². The lowest BCUT2D eigenvalue weighted by molar-refractivity contribution is -0.190. The third kappa shape index (κ3) is 8.64. The zero-order valence-corrected chi connectivity index (χ0v) is 30.2. The van der Waals surface area contributed by atoms with Crippen LogP contribution in [0.15, 0.2) is 78.0 Å². The van der Waals surface area contributed by atoms with Crippen LogP contribution >= 0.6 is 11.6 Å². The van der Waals surface area contributed by atoms with Crippen LogP contribution in [0.5, 0.6) is 5.88 Å². The van der Waals surface area contributed by atoms with E-state index in [1.807, 2.05) is 23.1 Å². The Morgan fingerprint density at radius 1 is 1.12 bits per heavy atom. The van der Waals surface area contributed by atoms with E-state index in [1.165, 1.54) is 29.1 Å². The minimum atomic E-state index is -4.25. The Morgan fingerprint density at radius 3 is 2.56 bits per heavy atom. The van der Waals surface area contributed by atoms with Crippen molar-refractivity contribution in [2.45, 2.75) is 68.6 Å². The van der Waals surface area contributed by atoms with Gasteiger partial charge in [0.25, 0.3) is 10.9 Å². The maximum atomic E-state index is 13.2. The van der Waals surface area contributed by atoms with Gasteiger partial charge in [-0.1, -0.05) is 48.0 Å². The highest BCUT2D eigenvalue weighted by Gasteiger charge is 2.62. The van der Waals surface area contributed by atoms with E-state index in [9.17, 15) is 27.3 Å². The number of alkyl halides is 3. The molecule has 2 aliphatic rings. The van der Waals surface area contributed by atoms with Crippen molar-refractivity contribution in [3.63, 3.8) is 0 Å². The summed E-state index contributed by atoms with van der Waals surface area (Å²) in [5.74, 6) is 0.561. The number of rotatable bonds is 15. The molecule has 1 saturated carbocycles. The van der Waals surface area contributed by atoms with Gasteiger partial charge in [0, 0.05) is 42.9 Å². The van der Waals surface area contributed by atoms with Crippen molar-refractivity contribution in [3.05, 3.63) is 89.2 Å². The first kappa shape index (κ1) is 37.4. The standard InChI is InChI=1S/C36H39ClF3N7O4S/c1-34(2)20-24(22-46(34)23-48)19-26(25-7-4-3-5-8-25)21-41-28-9-6-10-31(42-28)52(50)45-33(49)27-11-12-29(43-32(27)37)47-17-13-30(44-47)51-18-16-35(14-15-35)36(38,39)40/h3-13,17,23-24,26H,14-16,18-22H2,1-2H3,(H,41,42)(H,45,49). The topological polar surface area (TPSA) is 137 Å². The number of hydrogen-bond donors (Lipinski definition) is 2. The molecule has 0 spiro atoms. The lowest BCUT2D eigenvalue weighted by Gasteiger charge is -2.27. The third-order valence-electron chi connectivity index (χ3n) is 9.83. The first-order chi connectivity index (χ1) is 24.8. The predicted octanol–water partition coefficient (Wildman–Crippen LogP) is 6.72. The van der Waals surface area contributed by atoms with Crippen LogP contribution in [-0.4, -0.2) is 72.9 Å². The molecule has 2 N–H and O–H groups in total. The number of halogens is 4. The molecular weight excluding hydrogens is 719 g/mol. The number of nitrogens with one attached hydrogen (secondary N) is 2. The number of anilines is 1. The number of ether oxygens (including phenoxy) is 1. The number of carbonyl (C=O) groups excluding carboxylic acids is 2. The molecule has 2 amide bonds. The molecule has 3 unspecified atom stereocenters. The average molecular weight is 758 g/mol. The van der Waals surface area contributed by atoms with Gasteiger partial charge in [-0.2, -0.15) is 22.9 Å². The van der Waals surface area contributed by atoms with Crippen LogP contribution in [0.4, 0.5) is 19.0 Å². The van der Waals surface area contributed by atoms with E-state index in [-0.39, 0.29) is 64.8 Å². The molecule has 52 heavy (non-hydrogen) atoms. The molecule has 3 aromatic heterocycles. The van der Waals surface area contributed by atoms with Crippen LogP contribution in [-0.2, 0) is 16.2 Å². The second-order valence-corrected chi connectivity index (χ2v) is 15.4. The molecule has 3 atom stereocenters. The highest BCUT2D eigenvalue weighted by atomic mass is 35.5. The summed E-state index contributed by atoms with van der Waals surface area (Å²) in [5.41, 5.74) is -0.734. The Kier molecular flexibility index (Phi) is 11.0. The van der Waals surface area contributed by atoms with Crippen LogP contribution in [0.25, 0.3) is 5.82 Å². The molecule has 276 valence electrons. The van der Waals surface area contributed by atoms with E-state index in [4.69, 9.17) is 16.3 Å². The van der Waals surface area contributed by atoms with Crippen LogP contribution in [0, 0.1) is 11.3 Å². The third-order valence-corrected chi connectivity index (χ3v) is 11.1. The number of benzene rings is 1. The fraction of sp³-hybridized carbons (Fsp3) is 0.417. The number of aromatic nitrogens is 4. The van der Waals surface area contributed by atoms with Crippen LogP contribution in [0.3, 0.4) is 0 Å². The molecule has 2 fully saturated rings. The van der Waals surface area contributed by atoms with Gasteiger partial charge in [0.1, 0.15) is 22.3 Å². The first-order valence-corrected chi connectivity index (χ1v) is 18.4. The van der Waals surface area contributed by atoms with Crippen LogP contribution < -0.4 is 14.8 Å². The van der Waals surface area contributed by atoms with E-state index in [1.54, 1.807) is 18.2 Å². The molecule has 6 rings (SSSR count). The van der Waals surface area contributed by atoms with Gasteiger partial charge in [-0.05, 0) is 75.6 Å². The summed E-state index contributed by atoms with van der Waals surface area (Å²) in [5, 5.41) is 7.51. The molecule has 4 aromatic rings. The molecule has 4 heterocycles. The molecule has 1 aromatic carbocycles. The Bertz CT molecular complexity index is 1880. The number of likely N-dealkylation sites (tertiary alicyclic amines) is 1. The number of amides is 2. The van der Waals surface area contributed by atoms with Gasteiger partial charge < -0.3 is 19.5 Å². The Balaban J connectivity index is 1.04. The molecule has 1 aliphatic carbocycles. The van der Waals surface area contributed by atoms with Gasteiger partial charge in [0.2, 0.25) is 12.3 Å². The zero-order chi connectivity index (χ0) is 37.1. The van der Waals surface area contributed by atoms with Gasteiger partial charge in [0.05, 0.1) is 17.6 Å². The van der Waals surface area contributed by atoms with Gasteiger partial charge in [-0.15, -0.1) is 5.10 Å². The maximum absolute atomic E-state index is 13.2. The molecule has 16 heteroatoms. The molecule has 0 bridgehead atoms. The normalized spacial score (nSPS) is 18.8. The number of nitrogens with zero attached hydrogens (tertiary/aromatic N) is 5. The van der Waals surface area contributed by atoms with E-state index in [0.717, 1.165) is 24.8 Å². The first-order valence-electron chi connectivity index (χ1n) is 16.9. The molecular formula is C36H39ClF3N7O4S. The smallest absolute Gasteiger partial charge is 0.394 e. The van der Waals surface area contributed by atoms with Gasteiger partial charge in [0.15, 0.2) is 5.82 Å². The van der Waals surface area contributed by atoms with Gasteiger partial charge >= 0.3 is 6.18 Å². The fourth-order valence-electron chi connectivity index (χ4n) is 6.67. The summed E-state index contributed by atoms with van der Waals surface area (Å²) in [6.45, 7) is 5.28. The summed E-state index contributed by atoms with van der Waals surface area (Å²) in [6.07, 6.45) is 0.00151. The zero-order valence-electron chi connectivity index (χ0n) is 28.6. The largest absolute Gasteiger partial charge is 0.587 e. The number of hydrogen-bond acceptors (Lipinski definition) is 8. The van der Waals surface area contributed by atoms with E-state index >= 15 is 0 Å². The Hall–Kier alpha value is -4.34. The highest BCUT2D eigenvalue weighted by Crippen LogP contribution is 2.59. The Morgan fingerprint density at radius 2 is 1.88 bits per heavy atom. The minimum Gasteiger partial charge on any atom is -0.587 e.